The van der Waals surface area contributed by atoms with Crippen molar-refractivity contribution in [2.24, 2.45) is 11.8 Å². The van der Waals surface area contributed by atoms with Gasteiger partial charge in [-0.05, 0) is 6.07 Å². The highest BCUT2D eigenvalue weighted by molar-refractivity contribution is 5.23. The minimum atomic E-state index is -2.89. The summed E-state index contributed by atoms with van der Waals surface area (Å²) < 4.78 is 27.1. The second-order valence-corrected chi connectivity index (χ2v) is 3.86. The van der Waals surface area contributed by atoms with Gasteiger partial charge in [0.2, 0.25) is 0 Å². The third-order valence-electron chi connectivity index (χ3n) is 2.85. The Morgan fingerprint density at radius 3 is 2.75 bits per heavy atom. The number of hydrogen-bond donors (Lipinski definition) is 2. The Hall–Kier alpha value is -1.50. The van der Waals surface area contributed by atoms with Crippen LogP contribution in [-0.4, -0.2) is 27.2 Å². The highest BCUT2D eigenvalue weighted by atomic mass is 19.3. The lowest BCUT2D eigenvalue weighted by molar-refractivity contribution is 0.0701. The van der Waals surface area contributed by atoms with Gasteiger partial charge in [0, 0.05) is 12.7 Å². The fourth-order valence-electron chi connectivity index (χ4n) is 1.75. The van der Waals surface area contributed by atoms with Gasteiger partial charge in [0.25, 0.3) is 5.92 Å². The summed E-state index contributed by atoms with van der Waals surface area (Å²) in [6.45, 7) is -0.723. The molecule has 1 aromatic rings. The molecule has 1 heterocycles. The average Bonchev–Trinajstić information content (AvgIpc) is 2.72. The zero-order valence-electron chi connectivity index (χ0n) is 8.31. The van der Waals surface area contributed by atoms with Gasteiger partial charge in [0.15, 0.2) is 0 Å². The summed E-state index contributed by atoms with van der Waals surface area (Å²) in [7, 11) is 0. The lowest BCUT2D eigenvalue weighted by atomic mass is 10.3. The first kappa shape index (κ1) is 11.0. The van der Waals surface area contributed by atoms with E-state index < -0.39 is 30.1 Å². The summed E-state index contributed by atoms with van der Waals surface area (Å²) in [6, 6.07) is 1.37. The molecule has 88 valence electrons. The third-order valence-corrected chi connectivity index (χ3v) is 2.85. The first-order valence-corrected chi connectivity index (χ1v) is 4.78. The Bertz CT molecular complexity index is 460. The molecule has 5 nitrogen and oxygen atoms in total. The van der Waals surface area contributed by atoms with Gasteiger partial charge in [-0.3, -0.25) is 4.57 Å². The molecule has 0 bridgehead atoms. The number of anilines is 1. The van der Waals surface area contributed by atoms with Gasteiger partial charge >= 0.3 is 5.69 Å². The number of alkyl halides is 2. The van der Waals surface area contributed by atoms with Crippen molar-refractivity contribution in [1.82, 2.24) is 9.55 Å². The van der Waals surface area contributed by atoms with Crippen LogP contribution in [0.1, 0.15) is 0 Å². The molecule has 16 heavy (non-hydrogen) atoms. The summed E-state index contributed by atoms with van der Waals surface area (Å²) in [6.07, 6.45) is 1.33. The van der Waals surface area contributed by atoms with Crippen molar-refractivity contribution in [2.45, 2.75) is 12.5 Å². The zero-order chi connectivity index (χ0) is 11.9. The number of aliphatic hydroxyl groups excluding tert-OH is 1. The maximum absolute atomic E-state index is 13.0. The van der Waals surface area contributed by atoms with Crippen LogP contribution in [0.15, 0.2) is 17.1 Å². The largest absolute Gasteiger partial charge is 0.396 e. The molecule has 0 spiro atoms. The summed E-state index contributed by atoms with van der Waals surface area (Å²) in [4.78, 5) is 14.7. The Kier molecular flexibility index (Phi) is 2.42. The molecule has 1 aromatic heterocycles. The molecule has 1 saturated carbocycles. The van der Waals surface area contributed by atoms with E-state index in [1.807, 2.05) is 0 Å². The van der Waals surface area contributed by atoms with Crippen LogP contribution in [0.25, 0.3) is 0 Å². The maximum Gasteiger partial charge on any atom is 0.349 e. The molecule has 0 saturated heterocycles. The number of hydrogen-bond acceptors (Lipinski definition) is 4. The van der Waals surface area contributed by atoms with Crippen molar-refractivity contribution in [3.8, 4) is 0 Å². The van der Waals surface area contributed by atoms with Crippen LogP contribution >= 0.6 is 0 Å². The van der Waals surface area contributed by atoms with Gasteiger partial charge in [-0.25, -0.2) is 13.6 Å². The molecule has 0 aliphatic heterocycles. The molecule has 1 aliphatic rings. The second-order valence-electron chi connectivity index (χ2n) is 3.86. The molecular formula is C9H11F2N3O2. The Labute approximate surface area is 89.5 Å². The lowest BCUT2D eigenvalue weighted by Gasteiger charge is -2.03. The van der Waals surface area contributed by atoms with Gasteiger partial charge < -0.3 is 10.8 Å². The number of nitrogen functional groups attached to an aromatic ring is 1. The van der Waals surface area contributed by atoms with Crippen molar-refractivity contribution in [3.63, 3.8) is 0 Å². The van der Waals surface area contributed by atoms with Gasteiger partial charge in [-0.2, -0.15) is 4.98 Å². The summed E-state index contributed by atoms with van der Waals surface area (Å²) in [5, 5.41) is 8.70. The molecule has 7 heteroatoms. The van der Waals surface area contributed by atoms with Gasteiger partial charge in [-0.1, -0.05) is 0 Å². The zero-order valence-corrected chi connectivity index (χ0v) is 8.31. The second kappa shape index (κ2) is 3.51. The molecule has 0 amide bonds. The van der Waals surface area contributed by atoms with Gasteiger partial charge in [-0.15, -0.1) is 0 Å². The van der Waals surface area contributed by atoms with E-state index in [1.54, 1.807) is 0 Å². The van der Waals surface area contributed by atoms with Crippen LogP contribution in [-0.2, 0) is 6.54 Å². The molecule has 2 atom stereocenters. The highest BCUT2D eigenvalue weighted by Gasteiger charge is 2.67. The van der Waals surface area contributed by atoms with E-state index in [0.29, 0.717) is 0 Å². The number of nitrogens with two attached hydrogens (primary N) is 1. The smallest absolute Gasteiger partial charge is 0.349 e. The Morgan fingerprint density at radius 2 is 2.25 bits per heavy atom. The predicted molar refractivity (Wildman–Crippen MR) is 51.9 cm³/mol. The van der Waals surface area contributed by atoms with Crippen molar-refractivity contribution in [2.75, 3.05) is 12.3 Å². The predicted octanol–water partition coefficient (Wildman–Crippen LogP) is -0.301. The van der Waals surface area contributed by atoms with E-state index in [9.17, 15) is 13.6 Å². The van der Waals surface area contributed by atoms with E-state index in [1.165, 1.54) is 12.3 Å². The topological polar surface area (TPSA) is 81.1 Å². The quantitative estimate of drug-likeness (QED) is 0.748. The van der Waals surface area contributed by atoms with Crippen LogP contribution in [0.4, 0.5) is 14.6 Å². The minimum Gasteiger partial charge on any atom is -0.396 e. The molecule has 0 radical (unpaired) electrons. The van der Waals surface area contributed by atoms with Crippen molar-refractivity contribution in [1.29, 1.82) is 0 Å². The van der Waals surface area contributed by atoms with Crippen LogP contribution in [0, 0.1) is 11.8 Å². The van der Waals surface area contributed by atoms with Crippen molar-refractivity contribution in [3.05, 3.63) is 22.7 Å². The van der Waals surface area contributed by atoms with E-state index in [-0.39, 0.29) is 12.4 Å². The van der Waals surface area contributed by atoms with E-state index in [0.717, 1.165) is 4.57 Å². The summed E-state index contributed by atoms with van der Waals surface area (Å²) >= 11 is 0. The summed E-state index contributed by atoms with van der Waals surface area (Å²) in [5.74, 6) is -4.89. The Balaban J connectivity index is 2.15. The van der Waals surface area contributed by atoms with Crippen molar-refractivity contribution < 1.29 is 13.9 Å². The number of aliphatic hydroxyl groups is 1. The van der Waals surface area contributed by atoms with Gasteiger partial charge in [0.05, 0.1) is 18.4 Å². The maximum atomic E-state index is 13.0. The third kappa shape index (κ3) is 1.67. The molecule has 1 aliphatic carbocycles. The fraction of sp³-hybridized carbons (Fsp3) is 0.556. The highest BCUT2D eigenvalue weighted by Crippen LogP contribution is 2.55. The van der Waals surface area contributed by atoms with Crippen LogP contribution in [0.2, 0.25) is 0 Å². The molecule has 0 aromatic carbocycles. The first-order chi connectivity index (χ1) is 7.46. The molecule has 0 unspecified atom stereocenters. The van der Waals surface area contributed by atoms with Crippen LogP contribution in [0.5, 0.6) is 0 Å². The minimum absolute atomic E-state index is 0.0579. The molecule has 2 rings (SSSR count). The monoisotopic (exact) mass is 231 g/mol. The van der Waals surface area contributed by atoms with E-state index >= 15 is 0 Å². The molecular weight excluding hydrogens is 220 g/mol. The van der Waals surface area contributed by atoms with E-state index in [4.69, 9.17) is 10.8 Å². The number of aromatic nitrogens is 2. The Morgan fingerprint density at radius 1 is 1.56 bits per heavy atom. The normalized spacial score (nSPS) is 26.7. The van der Waals surface area contributed by atoms with E-state index in [2.05, 4.69) is 4.98 Å². The van der Waals surface area contributed by atoms with Crippen LogP contribution < -0.4 is 11.4 Å². The number of nitrogens with zero attached hydrogens (tertiary/aromatic N) is 2. The van der Waals surface area contributed by atoms with Crippen LogP contribution in [0.3, 0.4) is 0 Å². The average molecular weight is 231 g/mol. The number of halogens is 2. The summed E-state index contributed by atoms with van der Waals surface area (Å²) in [5.41, 5.74) is 4.61. The van der Waals surface area contributed by atoms with Gasteiger partial charge in [0.1, 0.15) is 5.82 Å². The molecule has 1 fully saturated rings. The van der Waals surface area contributed by atoms with Crippen molar-refractivity contribution >= 4 is 5.82 Å². The fourth-order valence-corrected chi connectivity index (χ4v) is 1.75. The SMILES string of the molecule is Nc1ccn(C[C@@H]2[C@H](CO)C2(F)F)c(=O)n1. The number of rotatable bonds is 3. The lowest BCUT2D eigenvalue weighted by Crippen LogP contribution is -2.24. The first-order valence-electron chi connectivity index (χ1n) is 4.78. The standard InChI is InChI=1S/C9H11F2N3O2/c10-9(11)5(6(9)4-15)3-14-2-1-7(12)13-8(14)16/h1-2,5-6,15H,3-4H2,(H2,12,13,16)/t5-,6+/m1/s1. The molecule has 3 N–H and O–H groups in total.